The molecule has 3 aromatic carbocycles. The van der Waals surface area contributed by atoms with E-state index in [0.717, 1.165) is 5.56 Å². The van der Waals surface area contributed by atoms with Gasteiger partial charge in [-0.2, -0.15) is 0 Å². The van der Waals surface area contributed by atoms with Gasteiger partial charge in [-0.25, -0.2) is 19.2 Å². The number of nitrogens with one attached hydrogen (secondary N) is 1. The van der Waals surface area contributed by atoms with Crippen LogP contribution >= 0.6 is 0 Å². The van der Waals surface area contributed by atoms with Gasteiger partial charge in [0.15, 0.2) is 13.2 Å². The van der Waals surface area contributed by atoms with Crippen LogP contribution in [-0.4, -0.2) is 62.2 Å². The number of benzene rings is 3. The maximum atomic E-state index is 12.5. The first-order chi connectivity index (χ1) is 20.7. The molecule has 0 aliphatic rings. The first kappa shape index (κ1) is 32.3. The monoisotopic (exact) mass is 592 g/mol. The number of nitrogens with two attached hydrogens (primary N) is 1. The Bertz CT molecular complexity index is 1390. The molecule has 3 rings (SSSR count). The summed E-state index contributed by atoms with van der Waals surface area (Å²) in [4.78, 5) is 60.2. The molecule has 226 valence electrons. The fourth-order valence-electron chi connectivity index (χ4n) is 3.53. The molecule has 3 aromatic rings. The van der Waals surface area contributed by atoms with Crippen LogP contribution in [-0.2, 0) is 46.4 Å². The number of amides is 1. The van der Waals surface area contributed by atoms with Gasteiger partial charge in [-0.3, -0.25) is 4.79 Å². The SMILES string of the molecule is CCOC(=O)COc1ccc(C[C@H](N)C(=O)OC(=O)CNC(=O)c2cccc(OCC(=O)OCc3ccccc3)c2)cc1. The summed E-state index contributed by atoms with van der Waals surface area (Å²) in [5.74, 6) is -2.99. The molecule has 0 saturated carbocycles. The number of ether oxygens (including phenoxy) is 5. The predicted molar refractivity (Wildman–Crippen MR) is 152 cm³/mol. The average molecular weight is 593 g/mol. The molecule has 12 nitrogen and oxygen atoms in total. The fourth-order valence-corrected chi connectivity index (χ4v) is 3.53. The lowest BCUT2D eigenvalue weighted by Crippen LogP contribution is -2.38. The quantitative estimate of drug-likeness (QED) is 0.151. The lowest BCUT2D eigenvalue weighted by molar-refractivity contribution is -0.160. The van der Waals surface area contributed by atoms with Crippen LogP contribution in [0.1, 0.15) is 28.4 Å². The normalized spacial score (nSPS) is 11.0. The van der Waals surface area contributed by atoms with Crippen LogP contribution in [0.15, 0.2) is 78.9 Å². The minimum atomic E-state index is -1.14. The largest absolute Gasteiger partial charge is 0.482 e. The summed E-state index contributed by atoms with van der Waals surface area (Å²) in [6, 6.07) is 20.5. The lowest BCUT2D eigenvalue weighted by Gasteiger charge is -2.12. The molecule has 0 aliphatic carbocycles. The average Bonchev–Trinajstić information content (AvgIpc) is 3.02. The number of esters is 4. The van der Waals surface area contributed by atoms with Crippen LogP contribution in [0.5, 0.6) is 11.5 Å². The van der Waals surface area contributed by atoms with E-state index in [9.17, 15) is 24.0 Å². The second-order valence-corrected chi connectivity index (χ2v) is 8.99. The maximum absolute atomic E-state index is 12.5. The third kappa shape index (κ3) is 11.7. The predicted octanol–water partition coefficient (Wildman–Crippen LogP) is 2.12. The van der Waals surface area contributed by atoms with Gasteiger partial charge in [0.1, 0.15) is 30.7 Å². The second-order valence-electron chi connectivity index (χ2n) is 8.99. The number of rotatable bonds is 15. The van der Waals surface area contributed by atoms with Crippen LogP contribution in [0.25, 0.3) is 0 Å². The van der Waals surface area contributed by atoms with E-state index in [0.29, 0.717) is 11.3 Å². The zero-order valence-corrected chi connectivity index (χ0v) is 23.5. The summed E-state index contributed by atoms with van der Waals surface area (Å²) in [5.41, 5.74) is 7.53. The molecule has 1 amide bonds. The van der Waals surface area contributed by atoms with Crippen LogP contribution in [0.3, 0.4) is 0 Å². The van der Waals surface area contributed by atoms with E-state index in [-0.39, 0.29) is 44.2 Å². The van der Waals surface area contributed by atoms with Crippen molar-refractivity contribution in [3.05, 3.63) is 95.6 Å². The van der Waals surface area contributed by atoms with E-state index in [1.165, 1.54) is 12.1 Å². The Balaban J connectivity index is 1.38. The van der Waals surface area contributed by atoms with E-state index in [1.54, 1.807) is 43.3 Å². The van der Waals surface area contributed by atoms with Crippen LogP contribution in [0.4, 0.5) is 0 Å². The zero-order chi connectivity index (χ0) is 31.0. The highest BCUT2D eigenvalue weighted by Gasteiger charge is 2.20. The summed E-state index contributed by atoms with van der Waals surface area (Å²) in [6.45, 7) is 0.879. The summed E-state index contributed by atoms with van der Waals surface area (Å²) in [6.07, 6.45) is 0.0726. The van der Waals surface area contributed by atoms with Crippen molar-refractivity contribution in [2.24, 2.45) is 5.73 Å². The first-order valence-corrected chi connectivity index (χ1v) is 13.3. The maximum Gasteiger partial charge on any atom is 0.344 e. The van der Waals surface area contributed by atoms with Crippen LogP contribution < -0.4 is 20.5 Å². The molecule has 12 heteroatoms. The third-order valence-electron chi connectivity index (χ3n) is 5.65. The van der Waals surface area contributed by atoms with Gasteiger partial charge in [0.2, 0.25) is 0 Å². The van der Waals surface area contributed by atoms with Crippen molar-refractivity contribution in [1.29, 1.82) is 0 Å². The fraction of sp³-hybridized carbons (Fsp3) is 0.258. The third-order valence-corrected chi connectivity index (χ3v) is 5.65. The highest BCUT2D eigenvalue weighted by atomic mass is 16.6. The molecule has 0 heterocycles. The molecule has 0 saturated heterocycles. The van der Waals surface area contributed by atoms with Crippen LogP contribution in [0, 0.1) is 0 Å². The molecule has 0 unspecified atom stereocenters. The topological polar surface area (TPSA) is 170 Å². The van der Waals surface area contributed by atoms with Gasteiger partial charge in [0.25, 0.3) is 5.91 Å². The standard InChI is InChI=1S/C31H32N2O10/c1-2-39-28(35)19-40-24-13-11-21(12-14-24)15-26(32)31(38)43-27(34)17-33-30(37)23-9-6-10-25(16-23)41-20-29(36)42-18-22-7-4-3-5-8-22/h3-14,16,26H,2,15,17-20,32H2,1H3,(H,33,37)/t26-/m0/s1. The van der Waals surface area contributed by atoms with Crippen molar-refractivity contribution < 1.29 is 47.7 Å². The van der Waals surface area contributed by atoms with Gasteiger partial charge in [0, 0.05) is 5.56 Å². The van der Waals surface area contributed by atoms with Crippen molar-refractivity contribution in [3.8, 4) is 11.5 Å². The number of carbonyl (C=O) groups excluding carboxylic acids is 5. The van der Waals surface area contributed by atoms with E-state index >= 15 is 0 Å². The van der Waals surface area contributed by atoms with Gasteiger partial charge in [0.05, 0.1) is 6.61 Å². The van der Waals surface area contributed by atoms with Crippen molar-refractivity contribution in [3.63, 3.8) is 0 Å². The van der Waals surface area contributed by atoms with Gasteiger partial charge >= 0.3 is 23.9 Å². The van der Waals surface area contributed by atoms with E-state index in [1.807, 2.05) is 30.3 Å². The Labute approximate surface area is 248 Å². The molecule has 1 atom stereocenters. The molecular weight excluding hydrogens is 560 g/mol. The van der Waals surface area contributed by atoms with Gasteiger partial charge in [-0.1, -0.05) is 48.5 Å². The number of hydrogen-bond acceptors (Lipinski definition) is 11. The van der Waals surface area contributed by atoms with Crippen molar-refractivity contribution in [2.75, 3.05) is 26.4 Å². The highest BCUT2D eigenvalue weighted by molar-refractivity contribution is 5.97. The summed E-state index contributed by atoms with van der Waals surface area (Å²) in [7, 11) is 0. The molecule has 43 heavy (non-hydrogen) atoms. The Kier molecular flexibility index (Phi) is 12.7. The minimum Gasteiger partial charge on any atom is -0.482 e. The summed E-state index contributed by atoms with van der Waals surface area (Å²) >= 11 is 0. The van der Waals surface area contributed by atoms with E-state index in [2.05, 4.69) is 5.32 Å². The lowest BCUT2D eigenvalue weighted by atomic mass is 10.1. The molecule has 0 fully saturated rings. The smallest absolute Gasteiger partial charge is 0.344 e. The number of carbonyl (C=O) groups is 5. The Morgan fingerprint density at radius 1 is 0.744 bits per heavy atom. The molecule has 0 bridgehead atoms. The zero-order valence-electron chi connectivity index (χ0n) is 23.5. The van der Waals surface area contributed by atoms with Crippen molar-refractivity contribution in [2.45, 2.75) is 26.0 Å². The van der Waals surface area contributed by atoms with E-state index < -0.39 is 42.4 Å². The molecule has 0 aliphatic heterocycles. The summed E-state index contributed by atoms with van der Waals surface area (Å²) in [5, 5.41) is 2.36. The molecule has 0 radical (unpaired) electrons. The first-order valence-electron chi connectivity index (χ1n) is 13.3. The van der Waals surface area contributed by atoms with Crippen LogP contribution in [0.2, 0.25) is 0 Å². The van der Waals surface area contributed by atoms with E-state index in [4.69, 9.17) is 29.4 Å². The minimum absolute atomic E-state index is 0.0726. The van der Waals surface area contributed by atoms with Gasteiger partial charge in [-0.05, 0) is 54.8 Å². The van der Waals surface area contributed by atoms with Gasteiger partial charge < -0.3 is 34.7 Å². The Morgan fingerprint density at radius 3 is 2.12 bits per heavy atom. The van der Waals surface area contributed by atoms with Crippen molar-refractivity contribution in [1.82, 2.24) is 5.32 Å². The Hall–Kier alpha value is -5.23. The number of hydrogen-bond donors (Lipinski definition) is 2. The second kappa shape index (κ2) is 16.9. The molecular formula is C31H32N2O10. The highest BCUT2D eigenvalue weighted by Crippen LogP contribution is 2.15. The molecule has 0 aromatic heterocycles. The molecule has 3 N–H and O–H groups in total. The Morgan fingerprint density at radius 2 is 1.42 bits per heavy atom. The van der Waals surface area contributed by atoms with Crippen molar-refractivity contribution >= 4 is 29.8 Å². The summed E-state index contributed by atoms with van der Waals surface area (Å²) < 4.78 is 25.4. The van der Waals surface area contributed by atoms with Gasteiger partial charge in [-0.15, -0.1) is 0 Å². The molecule has 0 spiro atoms.